The van der Waals surface area contributed by atoms with Crippen LogP contribution in [0.25, 0.3) is 10.8 Å². The minimum atomic E-state index is -0.474. The van der Waals surface area contributed by atoms with Gasteiger partial charge in [-0.15, -0.1) is 0 Å². The molecule has 0 saturated carbocycles. The van der Waals surface area contributed by atoms with E-state index in [0.29, 0.717) is 17.5 Å². The predicted molar refractivity (Wildman–Crippen MR) is 135 cm³/mol. The maximum atomic E-state index is 14.0. The number of phenols is 2. The van der Waals surface area contributed by atoms with Crippen molar-refractivity contribution < 1.29 is 15.0 Å². The zero-order chi connectivity index (χ0) is 23.7. The van der Waals surface area contributed by atoms with Crippen LogP contribution < -0.4 is 0 Å². The molecule has 4 nitrogen and oxygen atoms in total. The van der Waals surface area contributed by atoms with Crippen LogP contribution in [0.2, 0.25) is 0 Å². The topological polar surface area (TPSA) is 60.8 Å². The minimum Gasteiger partial charge on any atom is -0.508 e. The average molecular weight is 452 g/mol. The lowest BCUT2D eigenvalue weighted by atomic mass is 9.79. The largest absolute Gasteiger partial charge is 0.508 e. The normalized spacial score (nSPS) is 17.1. The van der Waals surface area contributed by atoms with E-state index in [1.54, 1.807) is 12.1 Å². The van der Waals surface area contributed by atoms with Crippen LogP contribution in [0.5, 0.6) is 11.5 Å². The van der Waals surface area contributed by atoms with Gasteiger partial charge >= 0.3 is 0 Å². The molecule has 4 heteroatoms. The fraction of sp³-hybridized carbons (Fsp3) is 0.233. The molecule has 5 rings (SSSR count). The van der Waals surface area contributed by atoms with Crippen LogP contribution in [0.15, 0.2) is 84.9 Å². The molecule has 1 aliphatic heterocycles. The number of carbonyl (C=O) groups is 1. The van der Waals surface area contributed by atoms with Gasteiger partial charge in [-0.1, -0.05) is 92.6 Å². The van der Waals surface area contributed by atoms with Gasteiger partial charge < -0.3 is 15.1 Å². The Kier molecular flexibility index (Phi) is 5.97. The third kappa shape index (κ3) is 3.69. The van der Waals surface area contributed by atoms with Crippen molar-refractivity contribution in [3.8, 4) is 11.5 Å². The van der Waals surface area contributed by atoms with Gasteiger partial charge in [-0.3, -0.25) is 4.79 Å². The fourth-order valence-corrected chi connectivity index (χ4v) is 5.30. The number of carbonyl (C=O) groups excluding carboxylic acids is 1. The van der Waals surface area contributed by atoms with Crippen molar-refractivity contribution in [1.29, 1.82) is 0 Å². The van der Waals surface area contributed by atoms with Crippen LogP contribution in [0, 0.1) is 0 Å². The molecule has 4 aromatic carbocycles. The molecular weight excluding hydrogens is 422 g/mol. The number of amides is 1. The summed E-state index contributed by atoms with van der Waals surface area (Å²) in [5.74, 6) is 0.276. The van der Waals surface area contributed by atoms with E-state index in [1.807, 2.05) is 77.7 Å². The highest BCUT2D eigenvalue weighted by molar-refractivity contribution is 5.96. The van der Waals surface area contributed by atoms with Crippen molar-refractivity contribution in [1.82, 2.24) is 4.90 Å². The van der Waals surface area contributed by atoms with E-state index in [-0.39, 0.29) is 17.4 Å². The lowest BCUT2D eigenvalue weighted by molar-refractivity contribution is -0.135. The Morgan fingerprint density at radius 1 is 0.735 bits per heavy atom. The summed E-state index contributed by atoms with van der Waals surface area (Å²) in [7, 11) is 0. The molecule has 1 amide bonds. The van der Waals surface area contributed by atoms with E-state index in [1.165, 1.54) is 0 Å². The van der Waals surface area contributed by atoms with Gasteiger partial charge in [-0.2, -0.15) is 0 Å². The molecule has 0 spiro atoms. The molecule has 4 aromatic rings. The van der Waals surface area contributed by atoms with Crippen molar-refractivity contribution >= 4 is 16.7 Å². The monoisotopic (exact) mass is 451 g/mol. The predicted octanol–water partition coefficient (Wildman–Crippen LogP) is 6.85. The Morgan fingerprint density at radius 3 is 1.71 bits per heavy atom. The van der Waals surface area contributed by atoms with Gasteiger partial charge in [0.1, 0.15) is 11.5 Å². The summed E-state index contributed by atoms with van der Waals surface area (Å²) in [4.78, 5) is 15.8. The number of nitrogens with zero attached hydrogens (tertiary/aromatic N) is 1. The summed E-state index contributed by atoms with van der Waals surface area (Å²) in [6.45, 7) is 2.12. The molecule has 0 saturated heterocycles. The van der Waals surface area contributed by atoms with Crippen molar-refractivity contribution in [3.63, 3.8) is 0 Å². The summed E-state index contributed by atoms with van der Waals surface area (Å²) in [6.07, 6.45) is 3.23. The number of hydrogen-bond donors (Lipinski definition) is 2. The third-order valence-corrected chi connectivity index (χ3v) is 6.84. The first-order chi connectivity index (χ1) is 16.6. The van der Waals surface area contributed by atoms with Crippen LogP contribution in [0.1, 0.15) is 66.9 Å². The van der Waals surface area contributed by atoms with E-state index in [0.717, 1.165) is 41.2 Å². The maximum Gasteiger partial charge on any atom is 0.224 e. The highest BCUT2D eigenvalue weighted by Gasteiger charge is 2.42. The van der Waals surface area contributed by atoms with E-state index in [2.05, 4.69) is 6.92 Å². The number of phenolic OH excluding ortho intramolecular Hbond substituents is 2. The summed E-state index contributed by atoms with van der Waals surface area (Å²) in [5, 5.41) is 24.0. The molecule has 0 radical (unpaired) electrons. The molecule has 1 heterocycles. The van der Waals surface area contributed by atoms with Crippen molar-refractivity contribution in [2.24, 2.45) is 0 Å². The van der Waals surface area contributed by atoms with Gasteiger partial charge in [0.25, 0.3) is 0 Å². The van der Waals surface area contributed by atoms with E-state index >= 15 is 0 Å². The summed E-state index contributed by atoms with van der Waals surface area (Å²) < 4.78 is 0. The average Bonchev–Trinajstić information content (AvgIpc) is 2.87. The van der Waals surface area contributed by atoms with E-state index in [4.69, 9.17) is 0 Å². The van der Waals surface area contributed by atoms with Gasteiger partial charge in [0.2, 0.25) is 5.91 Å². The minimum absolute atomic E-state index is 0.0152. The molecule has 2 N–H and O–H groups in total. The van der Waals surface area contributed by atoms with Gasteiger partial charge in [0, 0.05) is 22.9 Å². The molecular formula is C30H29NO3. The van der Waals surface area contributed by atoms with Gasteiger partial charge in [-0.05, 0) is 35.1 Å². The fourth-order valence-electron chi connectivity index (χ4n) is 5.30. The Hall–Kier alpha value is -3.79. The van der Waals surface area contributed by atoms with Crippen LogP contribution in [0.3, 0.4) is 0 Å². The highest BCUT2D eigenvalue weighted by atomic mass is 16.3. The molecule has 0 aliphatic carbocycles. The molecule has 2 unspecified atom stereocenters. The van der Waals surface area contributed by atoms with Crippen LogP contribution in [0.4, 0.5) is 0 Å². The maximum absolute atomic E-state index is 14.0. The van der Waals surface area contributed by atoms with Gasteiger partial charge in [0.15, 0.2) is 0 Å². The zero-order valence-electron chi connectivity index (χ0n) is 19.3. The second-order valence-corrected chi connectivity index (χ2v) is 8.98. The number of benzene rings is 4. The smallest absolute Gasteiger partial charge is 0.224 e. The highest BCUT2D eigenvalue weighted by Crippen LogP contribution is 2.53. The third-order valence-electron chi connectivity index (χ3n) is 6.84. The van der Waals surface area contributed by atoms with Gasteiger partial charge in [0.05, 0.1) is 12.1 Å². The summed E-state index contributed by atoms with van der Waals surface area (Å²) >= 11 is 0. The first-order valence-electron chi connectivity index (χ1n) is 12.0. The number of aromatic hydroxyl groups is 2. The molecule has 172 valence electrons. The lowest BCUT2D eigenvalue weighted by Gasteiger charge is -2.44. The molecule has 1 aliphatic rings. The summed E-state index contributed by atoms with van der Waals surface area (Å²) in [6, 6.07) is 26.0. The lowest BCUT2D eigenvalue weighted by Crippen LogP contribution is -2.41. The van der Waals surface area contributed by atoms with Crippen molar-refractivity contribution in [2.75, 3.05) is 0 Å². The molecule has 0 aromatic heterocycles. The first-order valence-corrected chi connectivity index (χ1v) is 12.0. The van der Waals surface area contributed by atoms with Gasteiger partial charge in [-0.25, -0.2) is 0 Å². The molecule has 0 fully saturated rings. The number of hydrogen-bond acceptors (Lipinski definition) is 3. The first kappa shape index (κ1) is 22.0. The Labute approximate surface area is 200 Å². The quantitative estimate of drug-likeness (QED) is 0.315. The van der Waals surface area contributed by atoms with Crippen LogP contribution in [-0.4, -0.2) is 21.0 Å². The molecule has 0 bridgehead atoms. The van der Waals surface area contributed by atoms with E-state index < -0.39 is 12.1 Å². The standard InChI is InChI=1S/C30H29NO3/c1-2-3-6-15-25(34)31-29(21-11-7-4-8-12-21)27-23(32)18-16-20-17-19-24(33)28(26(20)27)30(31)22-13-9-5-10-14-22/h4-5,7-14,16-19,29-30,32-33H,2-3,6,15H2,1H3. The molecule has 2 atom stereocenters. The second-order valence-electron chi connectivity index (χ2n) is 8.98. The zero-order valence-corrected chi connectivity index (χ0v) is 19.3. The van der Waals surface area contributed by atoms with Crippen molar-refractivity contribution in [2.45, 2.75) is 44.7 Å². The van der Waals surface area contributed by atoms with E-state index in [9.17, 15) is 15.0 Å². The number of rotatable bonds is 6. The SMILES string of the molecule is CCCCCC(=O)N1C(c2ccccc2)c2c(O)ccc3ccc(O)c(c23)C1c1ccccc1. The van der Waals surface area contributed by atoms with Crippen molar-refractivity contribution in [3.05, 3.63) is 107 Å². The van der Waals surface area contributed by atoms with Crippen LogP contribution in [-0.2, 0) is 4.79 Å². The molecule has 34 heavy (non-hydrogen) atoms. The Balaban J connectivity index is 1.84. The van der Waals surface area contributed by atoms with Crippen LogP contribution >= 0.6 is 0 Å². The second kappa shape index (κ2) is 9.22. The summed E-state index contributed by atoms with van der Waals surface area (Å²) in [5.41, 5.74) is 3.21. The number of unbranched alkanes of at least 4 members (excludes halogenated alkanes) is 2. The Morgan fingerprint density at radius 2 is 1.24 bits per heavy atom. The Bertz CT molecular complexity index is 1230.